The SMILES string of the molecule is CCOC(CN[C@@H](C)c1ccccc1Br)OCC. The number of hydrogen-bond acceptors (Lipinski definition) is 3. The van der Waals surface area contributed by atoms with Gasteiger partial charge in [0.05, 0.1) is 0 Å². The normalized spacial score (nSPS) is 12.9. The highest BCUT2D eigenvalue weighted by Crippen LogP contribution is 2.22. The Kier molecular flexibility index (Phi) is 7.51. The Morgan fingerprint density at radius 3 is 2.33 bits per heavy atom. The molecule has 0 fully saturated rings. The van der Waals surface area contributed by atoms with Gasteiger partial charge < -0.3 is 14.8 Å². The number of hydrogen-bond donors (Lipinski definition) is 1. The summed E-state index contributed by atoms with van der Waals surface area (Å²) in [4.78, 5) is 0. The Hall–Kier alpha value is -0.420. The predicted octanol–water partition coefficient (Wildman–Crippen LogP) is 3.50. The van der Waals surface area contributed by atoms with E-state index in [-0.39, 0.29) is 12.3 Å². The van der Waals surface area contributed by atoms with Gasteiger partial charge in [-0.05, 0) is 32.4 Å². The van der Waals surface area contributed by atoms with E-state index < -0.39 is 0 Å². The van der Waals surface area contributed by atoms with Crippen LogP contribution in [0.5, 0.6) is 0 Å². The first-order chi connectivity index (χ1) is 8.69. The maximum atomic E-state index is 5.50. The summed E-state index contributed by atoms with van der Waals surface area (Å²) in [7, 11) is 0. The van der Waals surface area contributed by atoms with Crippen LogP contribution >= 0.6 is 15.9 Å². The zero-order valence-electron chi connectivity index (χ0n) is 11.3. The molecule has 3 nitrogen and oxygen atoms in total. The van der Waals surface area contributed by atoms with Crippen molar-refractivity contribution in [2.75, 3.05) is 19.8 Å². The van der Waals surface area contributed by atoms with Gasteiger partial charge in [0.15, 0.2) is 6.29 Å². The Morgan fingerprint density at radius 2 is 1.78 bits per heavy atom. The average molecular weight is 316 g/mol. The molecule has 1 aromatic rings. The lowest BCUT2D eigenvalue weighted by atomic mass is 10.1. The Bertz CT molecular complexity index is 340. The topological polar surface area (TPSA) is 30.5 Å². The molecule has 1 aromatic carbocycles. The van der Waals surface area contributed by atoms with Crippen LogP contribution in [0.2, 0.25) is 0 Å². The molecule has 4 heteroatoms. The molecular weight excluding hydrogens is 294 g/mol. The Morgan fingerprint density at radius 1 is 1.17 bits per heavy atom. The molecule has 1 rings (SSSR count). The van der Waals surface area contributed by atoms with Crippen LogP contribution in [0.1, 0.15) is 32.4 Å². The quantitative estimate of drug-likeness (QED) is 0.745. The third-order valence-corrected chi connectivity index (χ3v) is 3.39. The van der Waals surface area contributed by atoms with Crippen molar-refractivity contribution >= 4 is 15.9 Å². The molecule has 0 saturated heterocycles. The first-order valence-corrected chi connectivity index (χ1v) is 7.19. The molecule has 0 aliphatic rings. The molecule has 0 amide bonds. The van der Waals surface area contributed by atoms with E-state index in [4.69, 9.17) is 9.47 Å². The molecule has 0 aromatic heterocycles. The van der Waals surface area contributed by atoms with Crippen LogP contribution in [-0.2, 0) is 9.47 Å². The van der Waals surface area contributed by atoms with Gasteiger partial charge in [-0.1, -0.05) is 34.1 Å². The summed E-state index contributed by atoms with van der Waals surface area (Å²) >= 11 is 3.56. The number of nitrogens with one attached hydrogen (secondary N) is 1. The van der Waals surface area contributed by atoms with Gasteiger partial charge in [0.1, 0.15) is 0 Å². The van der Waals surface area contributed by atoms with E-state index >= 15 is 0 Å². The average Bonchev–Trinajstić information content (AvgIpc) is 2.36. The van der Waals surface area contributed by atoms with Crippen molar-refractivity contribution in [2.45, 2.75) is 33.1 Å². The lowest BCUT2D eigenvalue weighted by molar-refractivity contribution is -0.133. The summed E-state index contributed by atoms with van der Waals surface area (Å²) in [5, 5.41) is 3.43. The zero-order valence-corrected chi connectivity index (χ0v) is 12.9. The Balaban J connectivity index is 2.49. The molecule has 1 atom stereocenters. The van der Waals surface area contributed by atoms with Crippen molar-refractivity contribution in [1.29, 1.82) is 0 Å². The molecule has 0 unspecified atom stereocenters. The zero-order chi connectivity index (χ0) is 13.4. The molecule has 0 aliphatic carbocycles. The van der Waals surface area contributed by atoms with Gasteiger partial charge in [-0.25, -0.2) is 0 Å². The second kappa shape index (κ2) is 8.64. The summed E-state index contributed by atoms with van der Waals surface area (Å²) < 4.78 is 12.1. The van der Waals surface area contributed by atoms with E-state index in [2.05, 4.69) is 40.3 Å². The number of rotatable bonds is 8. The van der Waals surface area contributed by atoms with Crippen LogP contribution in [0.15, 0.2) is 28.7 Å². The first kappa shape index (κ1) is 15.6. The fraction of sp³-hybridized carbons (Fsp3) is 0.571. The lowest BCUT2D eigenvalue weighted by Gasteiger charge is -2.21. The van der Waals surface area contributed by atoms with E-state index in [0.717, 1.165) is 4.47 Å². The molecule has 0 saturated carbocycles. The van der Waals surface area contributed by atoms with Crippen molar-refractivity contribution in [1.82, 2.24) is 5.32 Å². The van der Waals surface area contributed by atoms with Crippen LogP contribution in [0, 0.1) is 0 Å². The maximum Gasteiger partial charge on any atom is 0.169 e. The molecule has 0 heterocycles. The van der Waals surface area contributed by atoms with Crippen LogP contribution < -0.4 is 5.32 Å². The van der Waals surface area contributed by atoms with Crippen molar-refractivity contribution in [3.63, 3.8) is 0 Å². The maximum absolute atomic E-state index is 5.50. The molecule has 1 N–H and O–H groups in total. The highest BCUT2D eigenvalue weighted by atomic mass is 79.9. The first-order valence-electron chi connectivity index (χ1n) is 6.40. The monoisotopic (exact) mass is 315 g/mol. The van der Waals surface area contributed by atoms with Crippen molar-refractivity contribution in [3.8, 4) is 0 Å². The molecule has 102 valence electrons. The second-order valence-electron chi connectivity index (χ2n) is 3.99. The van der Waals surface area contributed by atoms with Gasteiger partial charge in [0.25, 0.3) is 0 Å². The van der Waals surface area contributed by atoms with E-state index in [1.165, 1.54) is 5.56 Å². The van der Waals surface area contributed by atoms with E-state index in [1.54, 1.807) is 0 Å². The number of benzene rings is 1. The fourth-order valence-corrected chi connectivity index (χ4v) is 2.38. The highest BCUT2D eigenvalue weighted by Gasteiger charge is 2.12. The molecule has 0 spiro atoms. The largest absolute Gasteiger partial charge is 0.352 e. The van der Waals surface area contributed by atoms with Crippen molar-refractivity contribution < 1.29 is 9.47 Å². The van der Waals surface area contributed by atoms with Gasteiger partial charge in [-0.2, -0.15) is 0 Å². The van der Waals surface area contributed by atoms with E-state index in [1.807, 2.05) is 26.0 Å². The molecule has 0 radical (unpaired) electrons. The highest BCUT2D eigenvalue weighted by molar-refractivity contribution is 9.10. The van der Waals surface area contributed by atoms with Gasteiger partial charge >= 0.3 is 0 Å². The van der Waals surface area contributed by atoms with Crippen molar-refractivity contribution in [3.05, 3.63) is 34.3 Å². The number of halogens is 1. The Labute approximate surface area is 118 Å². The minimum Gasteiger partial charge on any atom is -0.352 e. The summed E-state index contributed by atoms with van der Waals surface area (Å²) in [6.45, 7) is 8.09. The summed E-state index contributed by atoms with van der Waals surface area (Å²) in [5.74, 6) is 0. The summed E-state index contributed by atoms with van der Waals surface area (Å²) in [6, 6.07) is 8.47. The van der Waals surface area contributed by atoms with Crippen LogP contribution in [0.3, 0.4) is 0 Å². The lowest BCUT2D eigenvalue weighted by Crippen LogP contribution is -2.33. The van der Waals surface area contributed by atoms with Gasteiger partial charge in [0, 0.05) is 30.3 Å². The minimum absolute atomic E-state index is 0.176. The standard InChI is InChI=1S/C14H22BrNO2/c1-4-17-14(18-5-2)10-16-11(3)12-8-6-7-9-13(12)15/h6-9,11,14,16H,4-5,10H2,1-3H3/t11-/m0/s1. The van der Waals surface area contributed by atoms with Crippen LogP contribution in [0.4, 0.5) is 0 Å². The molecule has 0 aliphatic heterocycles. The predicted molar refractivity (Wildman–Crippen MR) is 77.6 cm³/mol. The second-order valence-corrected chi connectivity index (χ2v) is 4.85. The summed E-state index contributed by atoms with van der Waals surface area (Å²) in [5.41, 5.74) is 1.24. The molecular formula is C14H22BrNO2. The minimum atomic E-state index is -0.176. The smallest absolute Gasteiger partial charge is 0.169 e. The van der Waals surface area contributed by atoms with E-state index in [0.29, 0.717) is 19.8 Å². The van der Waals surface area contributed by atoms with Gasteiger partial charge in [-0.15, -0.1) is 0 Å². The van der Waals surface area contributed by atoms with Gasteiger partial charge in [0.2, 0.25) is 0 Å². The summed E-state index contributed by atoms with van der Waals surface area (Å²) in [6.07, 6.45) is -0.176. The van der Waals surface area contributed by atoms with Crippen molar-refractivity contribution in [2.24, 2.45) is 0 Å². The molecule has 0 bridgehead atoms. The van der Waals surface area contributed by atoms with Crippen LogP contribution in [0.25, 0.3) is 0 Å². The van der Waals surface area contributed by atoms with Gasteiger partial charge in [-0.3, -0.25) is 0 Å². The third kappa shape index (κ3) is 5.06. The molecule has 18 heavy (non-hydrogen) atoms. The fourth-order valence-electron chi connectivity index (χ4n) is 1.75. The van der Waals surface area contributed by atoms with E-state index in [9.17, 15) is 0 Å². The number of ether oxygens (including phenoxy) is 2. The third-order valence-electron chi connectivity index (χ3n) is 2.67. The van der Waals surface area contributed by atoms with Crippen LogP contribution in [-0.4, -0.2) is 26.0 Å².